The van der Waals surface area contributed by atoms with Crippen LogP contribution in [0.3, 0.4) is 0 Å². The SMILES string of the molecule is CCC(C)NC(N)=NCCc1ccc(OC)cc1Cl. The molecule has 19 heavy (non-hydrogen) atoms. The highest BCUT2D eigenvalue weighted by Gasteiger charge is 2.03. The number of nitrogens with two attached hydrogens (primary N) is 1. The van der Waals surface area contributed by atoms with Crippen molar-refractivity contribution in [1.29, 1.82) is 0 Å². The Balaban J connectivity index is 2.50. The third-order valence-electron chi connectivity index (χ3n) is 2.93. The van der Waals surface area contributed by atoms with Gasteiger partial charge >= 0.3 is 0 Å². The van der Waals surface area contributed by atoms with Gasteiger partial charge in [-0.25, -0.2) is 0 Å². The van der Waals surface area contributed by atoms with Gasteiger partial charge in [0, 0.05) is 17.6 Å². The van der Waals surface area contributed by atoms with Crippen LogP contribution in [0.1, 0.15) is 25.8 Å². The average molecular weight is 284 g/mol. The molecule has 0 aliphatic heterocycles. The topological polar surface area (TPSA) is 59.6 Å². The van der Waals surface area contributed by atoms with Crippen LogP contribution in [0.2, 0.25) is 5.02 Å². The van der Waals surface area contributed by atoms with Crippen molar-refractivity contribution in [2.24, 2.45) is 10.7 Å². The third kappa shape index (κ3) is 5.39. The van der Waals surface area contributed by atoms with Crippen LogP contribution in [-0.2, 0) is 6.42 Å². The van der Waals surface area contributed by atoms with Gasteiger partial charge in [0.25, 0.3) is 0 Å². The van der Waals surface area contributed by atoms with Crippen molar-refractivity contribution in [3.63, 3.8) is 0 Å². The molecular weight excluding hydrogens is 262 g/mol. The zero-order valence-corrected chi connectivity index (χ0v) is 12.5. The van der Waals surface area contributed by atoms with Crippen LogP contribution in [0.15, 0.2) is 23.2 Å². The minimum Gasteiger partial charge on any atom is -0.497 e. The van der Waals surface area contributed by atoms with Crippen molar-refractivity contribution in [1.82, 2.24) is 5.32 Å². The summed E-state index contributed by atoms with van der Waals surface area (Å²) in [5.41, 5.74) is 6.83. The van der Waals surface area contributed by atoms with E-state index in [-0.39, 0.29) is 0 Å². The number of benzene rings is 1. The number of aliphatic imine (C=N–C) groups is 1. The number of nitrogens with one attached hydrogen (secondary N) is 1. The van der Waals surface area contributed by atoms with Crippen LogP contribution >= 0.6 is 11.6 Å². The van der Waals surface area contributed by atoms with Gasteiger partial charge in [-0.15, -0.1) is 0 Å². The molecule has 0 spiro atoms. The summed E-state index contributed by atoms with van der Waals surface area (Å²) in [7, 11) is 1.62. The Morgan fingerprint density at radius 1 is 1.53 bits per heavy atom. The van der Waals surface area contributed by atoms with E-state index in [0.29, 0.717) is 23.6 Å². The number of nitrogens with zero attached hydrogens (tertiary/aromatic N) is 1. The minimum absolute atomic E-state index is 0.341. The summed E-state index contributed by atoms with van der Waals surface area (Å²) >= 11 is 6.15. The van der Waals surface area contributed by atoms with Crippen molar-refractivity contribution >= 4 is 17.6 Å². The largest absolute Gasteiger partial charge is 0.497 e. The van der Waals surface area contributed by atoms with Crippen LogP contribution in [-0.4, -0.2) is 25.7 Å². The number of guanidine groups is 1. The predicted molar refractivity (Wildman–Crippen MR) is 81.1 cm³/mol. The van der Waals surface area contributed by atoms with E-state index in [1.165, 1.54) is 0 Å². The van der Waals surface area contributed by atoms with Crippen molar-refractivity contribution < 1.29 is 4.74 Å². The van der Waals surface area contributed by atoms with Gasteiger partial charge in [-0.3, -0.25) is 4.99 Å². The Morgan fingerprint density at radius 2 is 2.26 bits per heavy atom. The lowest BCUT2D eigenvalue weighted by atomic mass is 10.1. The fourth-order valence-electron chi connectivity index (χ4n) is 1.55. The number of hydrogen-bond donors (Lipinski definition) is 2. The van der Waals surface area contributed by atoms with Gasteiger partial charge in [0.15, 0.2) is 5.96 Å². The molecule has 0 amide bonds. The maximum Gasteiger partial charge on any atom is 0.188 e. The highest BCUT2D eigenvalue weighted by molar-refractivity contribution is 6.31. The Bertz CT molecular complexity index is 435. The van der Waals surface area contributed by atoms with E-state index in [2.05, 4.69) is 24.2 Å². The molecule has 1 aromatic rings. The van der Waals surface area contributed by atoms with Gasteiger partial charge in [-0.2, -0.15) is 0 Å². The molecule has 0 saturated carbocycles. The Hall–Kier alpha value is -1.42. The van der Waals surface area contributed by atoms with Crippen molar-refractivity contribution in [3.05, 3.63) is 28.8 Å². The first-order valence-electron chi connectivity index (χ1n) is 6.45. The van der Waals surface area contributed by atoms with Crippen LogP contribution < -0.4 is 15.8 Å². The molecule has 0 fully saturated rings. The zero-order valence-electron chi connectivity index (χ0n) is 11.7. The highest BCUT2D eigenvalue weighted by Crippen LogP contribution is 2.22. The fourth-order valence-corrected chi connectivity index (χ4v) is 1.82. The summed E-state index contributed by atoms with van der Waals surface area (Å²) in [6, 6.07) is 6.00. The molecular formula is C14H22ClN3O. The van der Waals surface area contributed by atoms with Gasteiger partial charge < -0.3 is 15.8 Å². The van der Waals surface area contributed by atoms with Crippen LogP contribution in [0.5, 0.6) is 5.75 Å². The van der Waals surface area contributed by atoms with Crippen molar-refractivity contribution in [3.8, 4) is 5.75 Å². The summed E-state index contributed by atoms with van der Waals surface area (Å²) in [4.78, 5) is 4.28. The van der Waals surface area contributed by atoms with E-state index in [9.17, 15) is 0 Å². The molecule has 1 rings (SSSR count). The van der Waals surface area contributed by atoms with Gasteiger partial charge in [-0.1, -0.05) is 24.6 Å². The first-order chi connectivity index (χ1) is 9.06. The fraction of sp³-hybridized carbons (Fsp3) is 0.500. The van der Waals surface area contributed by atoms with Gasteiger partial charge in [-0.05, 0) is 37.5 Å². The van der Waals surface area contributed by atoms with Gasteiger partial charge in [0.1, 0.15) is 5.75 Å². The molecule has 5 heteroatoms. The molecule has 3 N–H and O–H groups in total. The number of hydrogen-bond acceptors (Lipinski definition) is 2. The lowest BCUT2D eigenvalue weighted by Crippen LogP contribution is -2.38. The number of methoxy groups -OCH3 is 1. The summed E-state index contributed by atoms with van der Waals surface area (Å²) in [6.07, 6.45) is 1.77. The van der Waals surface area contributed by atoms with Crippen molar-refractivity contribution in [2.45, 2.75) is 32.7 Å². The molecule has 0 saturated heterocycles. The van der Waals surface area contributed by atoms with Crippen LogP contribution in [0, 0.1) is 0 Å². The normalized spacial score (nSPS) is 13.2. The smallest absolute Gasteiger partial charge is 0.188 e. The molecule has 4 nitrogen and oxygen atoms in total. The third-order valence-corrected chi connectivity index (χ3v) is 3.28. The first kappa shape index (κ1) is 15.6. The Kier molecular flexibility index (Phi) is 6.50. The quantitative estimate of drug-likeness (QED) is 0.623. The summed E-state index contributed by atoms with van der Waals surface area (Å²) < 4.78 is 5.11. The molecule has 0 aliphatic carbocycles. The van der Waals surface area contributed by atoms with E-state index in [1.54, 1.807) is 13.2 Å². The standard InChI is InChI=1S/C14H22ClN3O/c1-4-10(2)18-14(16)17-8-7-11-5-6-12(19-3)9-13(11)15/h5-6,9-10H,4,7-8H2,1-3H3,(H3,16,17,18). The van der Waals surface area contributed by atoms with Crippen LogP contribution in [0.4, 0.5) is 0 Å². The maximum absolute atomic E-state index is 6.15. The highest BCUT2D eigenvalue weighted by atomic mass is 35.5. The second-order valence-corrected chi connectivity index (χ2v) is 4.84. The van der Waals surface area contributed by atoms with Gasteiger partial charge in [0.2, 0.25) is 0 Å². The summed E-state index contributed by atoms with van der Waals surface area (Å²) in [6.45, 7) is 4.78. The van der Waals surface area contributed by atoms with E-state index in [0.717, 1.165) is 24.2 Å². The Morgan fingerprint density at radius 3 is 2.84 bits per heavy atom. The lowest BCUT2D eigenvalue weighted by Gasteiger charge is -2.11. The first-order valence-corrected chi connectivity index (χ1v) is 6.83. The van der Waals surface area contributed by atoms with Crippen LogP contribution in [0.25, 0.3) is 0 Å². The zero-order chi connectivity index (χ0) is 14.3. The number of ether oxygens (including phenoxy) is 1. The lowest BCUT2D eigenvalue weighted by molar-refractivity contribution is 0.414. The van der Waals surface area contributed by atoms with E-state index in [1.807, 2.05) is 12.1 Å². The average Bonchev–Trinajstić information content (AvgIpc) is 2.40. The van der Waals surface area contributed by atoms with Crippen molar-refractivity contribution in [2.75, 3.05) is 13.7 Å². The molecule has 1 aromatic carbocycles. The summed E-state index contributed by atoms with van der Waals surface area (Å²) in [5, 5.41) is 3.82. The molecule has 0 heterocycles. The maximum atomic E-state index is 6.15. The number of rotatable bonds is 6. The second kappa shape index (κ2) is 7.89. The predicted octanol–water partition coefficient (Wildman–Crippen LogP) is 2.59. The molecule has 1 atom stereocenters. The molecule has 0 radical (unpaired) electrons. The van der Waals surface area contributed by atoms with E-state index in [4.69, 9.17) is 22.1 Å². The van der Waals surface area contributed by atoms with E-state index >= 15 is 0 Å². The summed E-state index contributed by atoms with van der Waals surface area (Å²) in [5.74, 6) is 1.24. The molecule has 1 unspecified atom stereocenters. The molecule has 0 aromatic heterocycles. The number of halogens is 1. The minimum atomic E-state index is 0.341. The monoisotopic (exact) mass is 283 g/mol. The molecule has 106 valence electrons. The second-order valence-electron chi connectivity index (χ2n) is 4.43. The van der Waals surface area contributed by atoms with Gasteiger partial charge in [0.05, 0.1) is 7.11 Å². The molecule has 0 aliphatic rings. The van der Waals surface area contributed by atoms with E-state index < -0.39 is 0 Å². The molecule has 0 bridgehead atoms. The Labute approximate surface area is 120 Å².